The third kappa shape index (κ3) is 4.96. The number of carbonyl (C=O) groups excluding carboxylic acids is 1. The molecule has 0 saturated carbocycles. The summed E-state index contributed by atoms with van der Waals surface area (Å²) in [6.45, 7) is 2.24. The lowest BCUT2D eigenvalue weighted by Gasteiger charge is -2.32. The summed E-state index contributed by atoms with van der Waals surface area (Å²) in [5, 5.41) is 3.11. The van der Waals surface area contributed by atoms with E-state index in [1.54, 1.807) is 11.0 Å². The van der Waals surface area contributed by atoms with E-state index in [1.165, 1.54) is 12.1 Å². The highest BCUT2D eigenvalue weighted by molar-refractivity contribution is 5.79. The summed E-state index contributed by atoms with van der Waals surface area (Å²) in [5.41, 5.74) is -0.653. The third-order valence-electron chi connectivity index (χ3n) is 4.43. The molecule has 1 amide bonds. The Morgan fingerprint density at radius 3 is 2.52 bits per heavy atom. The minimum Gasteiger partial charge on any atom is -0.342 e. The van der Waals surface area contributed by atoms with Gasteiger partial charge in [0, 0.05) is 13.1 Å². The Kier molecular flexibility index (Phi) is 6.04. The second-order valence-corrected chi connectivity index (χ2v) is 6.05. The van der Waals surface area contributed by atoms with Crippen molar-refractivity contribution in [3.8, 4) is 0 Å². The minimum atomic E-state index is -4.42. The molecular weight excluding hydrogens is 305 g/mol. The molecule has 1 aliphatic heterocycles. The highest BCUT2D eigenvalue weighted by Gasteiger charge is 2.34. The molecule has 0 aliphatic carbocycles. The SMILES string of the molecule is CNCCC1CCN(C(=O)Cc2ccccc2C(F)(F)F)CC1. The van der Waals surface area contributed by atoms with E-state index in [0.29, 0.717) is 19.0 Å². The zero-order valence-corrected chi connectivity index (χ0v) is 13.3. The van der Waals surface area contributed by atoms with Gasteiger partial charge in [0.1, 0.15) is 0 Å². The van der Waals surface area contributed by atoms with Crippen LogP contribution in [0.4, 0.5) is 13.2 Å². The number of amides is 1. The van der Waals surface area contributed by atoms with Gasteiger partial charge in [0.15, 0.2) is 0 Å². The van der Waals surface area contributed by atoms with Gasteiger partial charge in [-0.05, 0) is 50.4 Å². The highest BCUT2D eigenvalue weighted by atomic mass is 19.4. The van der Waals surface area contributed by atoms with Gasteiger partial charge in [-0.1, -0.05) is 18.2 Å². The van der Waals surface area contributed by atoms with Crippen LogP contribution in [0.1, 0.15) is 30.4 Å². The number of likely N-dealkylation sites (tertiary alicyclic amines) is 1. The van der Waals surface area contributed by atoms with Crippen molar-refractivity contribution in [3.05, 3.63) is 35.4 Å². The number of hydrogen-bond donors (Lipinski definition) is 1. The van der Waals surface area contributed by atoms with Gasteiger partial charge in [0.25, 0.3) is 0 Å². The Balaban J connectivity index is 1.94. The Morgan fingerprint density at radius 1 is 1.26 bits per heavy atom. The maximum absolute atomic E-state index is 13.0. The van der Waals surface area contributed by atoms with Crippen LogP contribution in [-0.2, 0) is 17.4 Å². The van der Waals surface area contributed by atoms with Crippen LogP contribution in [0.3, 0.4) is 0 Å². The number of carbonyl (C=O) groups is 1. The molecule has 6 heteroatoms. The smallest absolute Gasteiger partial charge is 0.342 e. The molecule has 128 valence electrons. The normalized spacial score (nSPS) is 16.6. The number of rotatable bonds is 5. The van der Waals surface area contributed by atoms with Gasteiger partial charge < -0.3 is 10.2 Å². The number of benzene rings is 1. The molecular formula is C17H23F3N2O. The lowest BCUT2D eigenvalue weighted by atomic mass is 9.93. The first-order valence-electron chi connectivity index (χ1n) is 7.99. The van der Waals surface area contributed by atoms with Crippen molar-refractivity contribution in [2.24, 2.45) is 5.92 Å². The van der Waals surface area contributed by atoms with Gasteiger partial charge >= 0.3 is 6.18 Å². The Morgan fingerprint density at radius 2 is 1.91 bits per heavy atom. The van der Waals surface area contributed by atoms with Crippen molar-refractivity contribution >= 4 is 5.91 Å². The van der Waals surface area contributed by atoms with Crippen LogP contribution in [0.15, 0.2) is 24.3 Å². The van der Waals surface area contributed by atoms with Crippen LogP contribution in [0.5, 0.6) is 0 Å². The average Bonchev–Trinajstić information content (AvgIpc) is 2.53. The standard InChI is InChI=1S/C17H23F3N2O/c1-21-9-6-13-7-10-22(11-8-13)16(23)12-14-4-2-3-5-15(14)17(18,19)20/h2-5,13,21H,6-12H2,1H3. The number of nitrogens with one attached hydrogen (secondary N) is 1. The molecule has 2 rings (SSSR count). The summed E-state index contributed by atoms with van der Waals surface area (Å²) in [4.78, 5) is 14.0. The summed E-state index contributed by atoms with van der Waals surface area (Å²) >= 11 is 0. The predicted molar refractivity (Wildman–Crippen MR) is 83.0 cm³/mol. The van der Waals surface area contributed by atoms with Crippen molar-refractivity contribution in [1.82, 2.24) is 10.2 Å². The summed E-state index contributed by atoms with van der Waals surface area (Å²) < 4.78 is 38.9. The fourth-order valence-electron chi connectivity index (χ4n) is 3.05. The number of halogens is 3. The van der Waals surface area contributed by atoms with Gasteiger partial charge in [0.2, 0.25) is 5.91 Å². The van der Waals surface area contributed by atoms with E-state index >= 15 is 0 Å². The quantitative estimate of drug-likeness (QED) is 0.901. The summed E-state index contributed by atoms with van der Waals surface area (Å²) in [6, 6.07) is 5.32. The fraction of sp³-hybridized carbons (Fsp3) is 0.588. The Labute approximate surface area is 134 Å². The van der Waals surface area contributed by atoms with Crippen molar-refractivity contribution in [1.29, 1.82) is 0 Å². The van der Waals surface area contributed by atoms with Crippen LogP contribution in [0.2, 0.25) is 0 Å². The first-order valence-corrected chi connectivity index (χ1v) is 7.99. The minimum absolute atomic E-state index is 0.0577. The molecule has 1 aromatic carbocycles. The topological polar surface area (TPSA) is 32.3 Å². The lowest BCUT2D eigenvalue weighted by Crippen LogP contribution is -2.40. The molecule has 0 aromatic heterocycles. The van der Waals surface area contributed by atoms with Gasteiger partial charge in [-0.15, -0.1) is 0 Å². The van der Waals surface area contributed by atoms with Crippen molar-refractivity contribution in [3.63, 3.8) is 0 Å². The Hall–Kier alpha value is -1.56. The van der Waals surface area contributed by atoms with E-state index in [-0.39, 0.29) is 17.9 Å². The molecule has 1 fully saturated rings. The monoisotopic (exact) mass is 328 g/mol. The molecule has 0 unspecified atom stereocenters. The van der Waals surface area contributed by atoms with E-state index in [1.807, 2.05) is 7.05 Å². The number of nitrogens with zero attached hydrogens (tertiary/aromatic N) is 1. The average molecular weight is 328 g/mol. The highest BCUT2D eigenvalue weighted by Crippen LogP contribution is 2.32. The van der Waals surface area contributed by atoms with E-state index in [4.69, 9.17) is 0 Å². The molecule has 23 heavy (non-hydrogen) atoms. The number of alkyl halides is 3. The van der Waals surface area contributed by atoms with Crippen LogP contribution in [-0.4, -0.2) is 37.5 Å². The van der Waals surface area contributed by atoms with Crippen molar-refractivity contribution < 1.29 is 18.0 Å². The molecule has 0 atom stereocenters. The largest absolute Gasteiger partial charge is 0.416 e. The first kappa shape index (κ1) is 17.8. The third-order valence-corrected chi connectivity index (χ3v) is 4.43. The van der Waals surface area contributed by atoms with Gasteiger partial charge in [0.05, 0.1) is 12.0 Å². The van der Waals surface area contributed by atoms with E-state index in [2.05, 4.69) is 5.32 Å². The van der Waals surface area contributed by atoms with Gasteiger partial charge in [-0.2, -0.15) is 13.2 Å². The second kappa shape index (κ2) is 7.81. The van der Waals surface area contributed by atoms with Crippen LogP contribution >= 0.6 is 0 Å². The maximum Gasteiger partial charge on any atom is 0.416 e. The first-order chi connectivity index (χ1) is 10.9. The van der Waals surface area contributed by atoms with E-state index < -0.39 is 11.7 Å². The summed E-state index contributed by atoms with van der Waals surface area (Å²) in [7, 11) is 1.91. The molecule has 0 bridgehead atoms. The van der Waals surface area contributed by atoms with Crippen molar-refractivity contribution in [2.45, 2.75) is 31.9 Å². The van der Waals surface area contributed by atoms with Crippen molar-refractivity contribution in [2.75, 3.05) is 26.7 Å². The molecule has 0 radical (unpaired) electrons. The van der Waals surface area contributed by atoms with E-state index in [0.717, 1.165) is 31.9 Å². The molecule has 1 N–H and O–H groups in total. The Bertz CT molecular complexity index is 523. The molecule has 1 saturated heterocycles. The fourth-order valence-corrected chi connectivity index (χ4v) is 3.05. The van der Waals surface area contributed by atoms with Crippen LogP contribution in [0, 0.1) is 5.92 Å². The molecule has 1 heterocycles. The zero-order valence-electron chi connectivity index (χ0n) is 13.3. The van der Waals surface area contributed by atoms with Gasteiger partial charge in [-0.3, -0.25) is 4.79 Å². The summed E-state index contributed by atoms with van der Waals surface area (Å²) in [6.07, 6.45) is -1.67. The molecule has 1 aliphatic rings. The zero-order chi connectivity index (χ0) is 16.9. The van der Waals surface area contributed by atoms with E-state index in [9.17, 15) is 18.0 Å². The number of piperidine rings is 1. The maximum atomic E-state index is 13.0. The predicted octanol–water partition coefficient (Wildman–Crippen LogP) is 3.10. The lowest BCUT2D eigenvalue weighted by molar-refractivity contribution is -0.138. The van der Waals surface area contributed by atoms with Gasteiger partial charge in [-0.25, -0.2) is 0 Å². The molecule has 3 nitrogen and oxygen atoms in total. The van der Waals surface area contributed by atoms with Crippen LogP contribution in [0.25, 0.3) is 0 Å². The summed E-state index contributed by atoms with van der Waals surface area (Å²) in [5.74, 6) is 0.378. The molecule has 0 spiro atoms. The second-order valence-electron chi connectivity index (χ2n) is 6.05. The molecule has 1 aromatic rings. The van der Waals surface area contributed by atoms with Crippen LogP contribution < -0.4 is 5.32 Å². The number of hydrogen-bond acceptors (Lipinski definition) is 2.